The number of ether oxygens (including phenoxy) is 1. The second-order valence-electron chi connectivity index (χ2n) is 10.1. The molecule has 1 aromatic heterocycles. The zero-order valence-corrected chi connectivity index (χ0v) is 24.9. The number of amides is 2. The first-order chi connectivity index (χ1) is 21.9. The summed E-state index contributed by atoms with van der Waals surface area (Å²) in [4.78, 5) is 40.5. The quantitative estimate of drug-likeness (QED) is 0.0927. The van der Waals surface area contributed by atoms with Crippen LogP contribution in [0.5, 0.6) is 0 Å². The Morgan fingerprint density at radius 2 is 1.49 bits per heavy atom. The van der Waals surface area contributed by atoms with Gasteiger partial charge in [-0.3, -0.25) is 14.9 Å². The molecule has 2 amide bonds. The summed E-state index contributed by atoms with van der Waals surface area (Å²) < 4.78 is 22.0. The van der Waals surface area contributed by atoms with Crippen molar-refractivity contribution < 1.29 is 23.5 Å². The Kier molecular flexibility index (Phi) is 8.18. The van der Waals surface area contributed by atoms with E-state index in [0.29, 0.717) is 16.8 Å². The highest BCUT2D eigenvalue weighted by Crippen LogP contribution is 2.38. The number of aromatic nitrogens is 1. The summed E-state index contributed by atoms with van der Waals surface area (Å²) in [5.74, 6) is -2.52. The maximum atomic E-state index is 14.8. The van der Waals surface area contributed by atoms with E-state index in [1.54, 1.807) is 25.1 Å². The molecule has 0 atom stereocenters. The van der Waals surface area contributed by atoms with Crippen LogP contribution >= 0.6 is 12.2 Å². The summed E-state index contributed by atoms with van der Waals surface area (Å²) in [6.07, 6.45) is 1.51. The van der Waals surface area contributed by atoms with Gasteiger partial charge in [0, 0.05) is 11.3 Å². The van der Waals surface area contributed by atoms with Gasteiger partial charge in [0.05, 0.1) is 29.2 Å². The Morgan fingerprint density at radius 1 is 0.867 bits per heavy atom. The summed E-state index contributed by atoms with van der Waals surface area (Å²) >= 11 is 5.28. The number of anilines is 1. The molecule has 1 fully saturated rings. The zero-order valence-electron chi connectivity index (χ0n) is 24.1. The lowest BCUT2D eigenvalue weighted by Crippen LogP contribution is -2.54. The number of halogens is 1. The second-order valence-corrected chi connectivity index (χ2v) is 10.5. The van der Waals surface area contributed by atoms with Gasteiger partial charge in [-0.15, -0.1) is 0 Å². The first-order valence-corrected chi connectivity index (χ1v) is 14.6. The largest absolute Gasteiger partial charge is 0.462 e. The normalized spacial score (nSPS) is 14.0. The first-order valence-electron chi connectivity index (χ1n) is 14.2. The van der Waals surface area contributed by atoms with Crippen molar-refractivity contribution in [3.05, 3.63) is 138 Å². The molecule has 0 unspecified atom stereocenters. The molecule has 45 heavy (non-hydrogen) atoms. The van der Waals surface area contributed by atoms with E-state index in [0.717, 1.165) is 27.4 Å². The summed E-state index contributed by atoms with van der Waals surface area (Å²) in [5.41, 5.74) is 4.59. The Hall–Kier alpha value is -5.67. The average Bonchev–Trinajstić information content (AvgIpc) is 3.44. The standard InChI is InChI=1S/C36H26FN3O4S/c1-2-44-35(43)25-17-19-27(20-18-25)39-31(23-11-5-3-6-12-23)22-26(32(39)24-13-7-4-8-14-24)21-28-33(41)38-36(45)40(34(28)42)30-16-10-9-15-29(30)37/h3-22H,2H2,1H3,(H,38,41,45)/b28-21-. The number of carbonyl (C=O) groups is 3. The molecule has 0 radical (unpaired) electrons. The monoisotopic (exact) mass is 615 g/mol. The van der Waals surface area contributed by atoms with Crippen molar-refractivity contribution in [2.24, 2.45) is 0 Å². The van der Waals surface area contributed by atoms with Crippen LogP contribution in [0.25, 0.3) is 34.3 Å². The lowest BCUT2D eigenvalue weighted by Gasteiger charge is -2.29. The van der Waals surface area contributed by atoms with Crippen molar-refractivity contribution in [3.8, 4) is 28.2 Å². The highest BCUT2D eigenvalue weighted by Gasteiger charge is 2.36. The third-order valence-corrected chi connectivity index (χ3v) is 7.56. The Bertz CT molecular complexity index is 1970. The zero-order chi connectivity index (χ0) is 31.5. The second kappa shape index (κ2) is 12.5. The average molecular weight is 616 g/mol. The van der Waals surface area contributed by atoms with E-state index in [4.69, 9.17) is 17.0 Å². The fourth-order valence-electron chi connectivity index (χ4n) is 5.25. The highest BCUT2D eigenvalue weighted by molar-refractivity contribution is 7.80. The van der Waals surface area contributed by atoms with Gasteiger partial charge in [0.15, 0.2) is 5.11 Å². The summed E-state index contributed by atoms with van der Waals surface area (Å²) in [7, 11) is 0. The molecule has 4 aromatic carbocycles. The number of hydrogen-bond acceptors (Lipinski definition) is 5. The molecule has 9 heteroatoms. The minimum atomic E-state index is -0.749. The molecule has 1 saturated heterocycles. The molecule has 0 saturated carbocycles. The van der Waals surface area contributed by atoms with Gasteiger partial charge in [-0.05, 0) is 78.8 Å². The SMILES string of the molecule is CCOC(=O)c1ccc(-n2c(-c3ccccc3)cc(/C=C3/C(=O)NC(=S)N(c4ccccc4F)C3=O)c2-c2ccccc2)cc1. The summed E-state index contributed by atoms with van der Waals surface area (Å²) in [5, 5.41) is 2.33. The molecule has 1 aliphatic rings. The molecule has 0 aliphatic carbocycles. The molecule has 0 spiro atoms. The third kappa shape index (κ3) is 5.69. The van der Waals surface area contributed by atoms with Crippen molar-refractivity contribution >= 4 is 46.9 Å². The van der Waals surface area contributed by atoms with Gasteiger partial charge in [-0.25, -0.2) is 14.1 Å². The van der Waals surface area contributed by atoms with Crippen molar-refractivity contribution in [2.75, 3.05) is 11.5 Å². The predicted octanol–water partition coefficient (Wildman–Crippen LogP) is 6.96. The van der Waals surface area contributed by atoms with Crippen LogP contribution in [0.3, 0.4) is 0 Å². The lowest BCUT2D eigenvalue weighted by atomic mass is 10.0. The van der Waals surface area contributed by atoms with Gasteiger partial charge in [0.25, 0.3) is 11.8 Å². The minimum absolute atomic E-state index is 0.0640. The Balaban J connectivity index is 1.58. The molecule has 1 aliphatic heterocycles. The number of hydrogen-bond donors (Lipinski definition) is 1. The smallest absolute Gasteiger partial charge is 0.338 e. The minimum Gasteiger partial charge on any atom is -0.462 e. The number of benzene rings is 4. The number of esters is 1. The molecule has 7 nitrogen and oxygen atoms in total. The van der Waals surface area contributed by atoms with Crippen molar-refractivity contribution in [2.45, 2.75) is 6.92 Å². The van der Waals surface area contributed by atoms with Gasteiger partial charge in [-0.1, -0.05) is 72.8 Å². The number of carbonyl (C=O) groups excluding carboxylic acids is 3. The van der Waals surface area contributed by atoms with E-state index < -0.39 is 23.6 Å². The molecule has 6 rings (SSSR count). The number of thiocarbonyl (C=S) groups is 1. The van der Waals surface area contributed by atoms with Gasteiger partial charge >= 0.3 is 5.97 Å². The van der Waals surface area contributed by atoms with Gasteiger partial charge in [-0.2, -0.15) is 0 Å². The highest BCUT2D eigenvalue weighted by atomic mass is 32.1. The topological polar surface area (TPSA) is 80.6 Å². The van der Waals surface area contributed by atoms with Crippen LogP contribution in [-0.4, -0.2) is 34.1 Å². The van der Waals surface area contributed by atoms with E-state index in [-0.39, 0.29) is 23.0 Å². The fourth-order valence-corrected chi connectivity index (χ4v) is 5.52. The van der Waals surface area contributed by atoms with Crippen LogP contribution in [0.1, 0.15) is 22.8 Å². The van der Waals surface area contributed by atoms with E-state index in [9.17, 15) is 18.8 Å². The Morgan fingerprint density at radius 3 is 2.13 bits per heavy atom. The van der Waals surface area contributed by atoms with E-state index in [2.05, 4.69) is 5.32 Å². The predicted molar refractivity (Wildman–Crippen MR) is 175 cm³/mol. The van der Waals surface area contributed by atoms with Gasteiger partial charge in [0.2, 0.25) is 0 Å². The summed E-state index contributed by atoms with van der Waals surface area (Å²) in [6, 6.07) is 33.9. The molecule has 2 heterocycles. The lowest BCUT2D eigenvalue weighted by molar-refractivity contribution is -0.122. The van der Waals surface area contributed by atoms with Crippen LogP contribution in [0.4, 0.5) is 10.1 Å². The number of para-hydroxylation sites is 1. The van der Waals surface area contributed by atoms with E-state index >= 15 is 0 Å². The fraction of sp³-hybridized carbons (Fsp3) is 0.0556. The number of nitrogens with one attached hydrogen (secondary N) is 1. The molecular weight excluding hydrogens is 589 g/mol. The molecule has 5 aromatic rings. The number of rotatable bonds is 7. The van der Waals surface area contributed by atoms with Gasteiger partial charge in [0.1, 0.15) is 11.4 Å². The van der Waals surface area contributed by atoms with Crippen LogP contribution in [0, 0.1) is 5.82 Å². The van der Waals surface area contributed by atoms with E-state index in [1.807, 2.05) is 83.4 Å². The first kappa shape index (κ1) is 29.4. The van der Waals surface area contributed by atoms with Gasteiger partial charge < -0.3 is 9.30 Å². The van der Waals surface area contributed by atoms with Crippen LogP contribution < -0.4 is 10.2 Å². The summed E-state index contributed by atoms with van der Waals surface area (Å²) in [6.45, 7) is 2.01. The van der Waals surface area contributed by atoms with Crippen molar-refractivity contribution in [1.82, 2.24) is 9.88 Å². The maximum absolute atomic E-state index is 14.8. The van der Waals surface area contributed by atoms with Crippen LogP contribution in [-0.2, 0) is 14.3 Å². The van der Waals surface area contributed by atoms with Crippen molar-refractivity contribution in [3.63, 3.8) is 0 Å². The molecule has 0 bridgehead atoms. The van der Waals surface area contributed by atoms with E-state index in [1.165, 1.54) is 24.3 Å². The Labute approximate surface area is 264 Å². The molecule has 222 valence electrons. The maximum Gasteiger partial charge on any atom is 0.338 e. The van der Waals surface area contributed by atoms with Crippen molar-refractivity contribution in [1.29, 1.82) is 0 Å². The number of nitrogens with zero attached hydrogens (tertiary/aromatic N) is 2. The van der Waals surface area contributed by atoms with Crippen LogP contribution in [0.2, 0.25) is 0 Å². The third-order valence-electron chi connectivity index (χ3n) is 7.28. The molecular formula is C36H26FN3O4S. The van der Waals surface area contributed by atoms with Crippen LogP contribution in [0.15, 0.2) is 121 Å². The molecule has 1 N–H and O–H groups in total.